The van der Waals surface area contributed by atoms with Crippen molar-refractivity contribution in [1.29, 1.82) is 0 Å². The van der Waals surface area contributed by atoms with Crippen LogP contribution in [0.15, 0.2) is 27.3 Å². The fourth-order valence-electron chi connectivity index (χ4n) is 2.07. The van der Waals surface area contributed by atoms with Crippen LogP contribution < -0.4 is 11.3 Å². The van der Waals surface area contributed by atoms with Crippen LogP contribution >= 0.6 is 11.3 Å². The molecule has 0 aliphatic carbocycles. The molecule has 17 heavy (non-hydrogen) atoms. The minimum absolute atomic E-state index is 0.160. The molecule has 0 spiro atoms. The van der Waals surface area contributed by atoms with Crippen molar-refractivity contribution in [2.75, 3.05) is 0 Å². The fourth-order valence-corrected chi connectivity index (χ4v) is 2.77. The Balaban J connectivity index is 2.04. The van der Waals surface area contributed by atoms with Crippen LogP contribution in [0.25, 0.3) is 0 Å². The molecule has 1 atom stereocenters. The van der Waals surface area contributed by atoms with Crippen molar-refractivity contribution < 1.29 is 4.42 Å². The molecule has 2 aromatic heterocycles. The molecule has 2 rings (SSSR count). The predicted octanol–water partition coefficient (Wildman–Crippen LogP) is 3.10. The smallest absolute Gasteiger partial charge is 0.105 e. The first-order valence-corrected chi connectivity index (χ1v) is 6.69. The second kappa shape index (κ2) is 5.49. The van der Waals surface area contributed by atoms with Crippen LogP contribution in [0.1, 0.15) is 35.1 Å². The predicted molar refractivity (Wildman–Crippen MR) is 70.9 cm³/mol. The Morgan fingerprint density at radius 2 is 2.29 bits per heavy atom. The number of furan rings is 1. The van der Waals surface area contributed by atoms with E-state index in [1.165, 1.54) is 11.1 Å². The van der Waals surface area contributed by atoms with Crippen LogP contribution in [-0.2, 0) is 6.42 Å². The van der Waals surface area contributed by atoms with Crippen LogP contribution in [0.2, 0.25) is 0 Å². The molecule has 4 heteroatoms. The van der Waals surface area contributed by atoms with Crippen molar-refractivity contribution >= 4 is 11.3 Å². The van der Waals surface area contributed by atoms with Crippen LogP contribution in [0.4, 0.5) is 0 Å². The number of hydrogen-bond donors (Lipinski definition) is 2. The molecule has 3 N–H and O–H groups in total. The maximum atomic E-state index is 5.63. The van der Waals surface area contributed by atoms with E-state index in [0.717, 1.165) is 24.4 Å². The Kier molecular flexibility index (Phi) is 3.99. The zero-order valence-electron chi connectivity index (χ0n) is 10.2. The Morgan fingerprint density at radius 3 is 2.82 bits per heavy atom. The Bertz CT molecular complexity index is 462. The van der Waals surface area contributed by atoms with Gasteiger partial charge in [0.25, 0.3) is 0 Å². The molecule has 92 valence electrons. The first-order valence-electron chi connectivity index (χ1n) is 5.75. The Labute approximate surface area is 106 Å². The number of aryl methyl sites for hydroxylation is 3. The molecule has 0 saturated carbocycles. The van der Waals surface area contributed by atoms with E-state index in [0.29, 0.717) is 0 Å². The average molecular weight is 250 g/mol. The molecule has 0 saturated heterocycles. The van der Waals surface area contributed by atoms with Crippen molar-refractivity contribution in [1.82, 2.24) is 5.43 Å². The van der Waals surface area contributed by atoms with Gasteiger partial charge < -0.3 is 4.42 Å². The molecule has 0 fully saturated rings. The quantitative estimate of drug-likeness (QED) is 0.633. The summed E-state index contributed by atoms with van der Waals surface area (Å²) in [5, 5.41) is 4.29. The summed E-state index contributed by atoms with van der Waals surface area (Å²) >= 11 is 1.73. The first-order chi connectivity index (χ1) is 8.20. The number of thiophene rings is 1. The van der Waals surface area contributed by atoms with E-state index in [-0.39, 0.29) is 6.04 Å². The molecule has 0 aliphatic rings. The maximum Gasteiger partial charge on any atom is 0.105 e. The van der Waals surface area contributed by atoms with E-state index in [1.54, 1.807) is 11.3 Å². The lowest BCUT2D eigenvalue weighted by atomic mass is 10.0. The number of nitrogens with one attached hydrogen (secondary N) is 1. The van der Waals surface area contributed by atoms with Gasteiger partial charge in [0.2, 0.25) is 0 Å². The largest absolute Gasteiger partial charge is 0.466 e. The van der Waals surface area contributed by atoms with Crippen molar-refractivity contribution in [3.63, 3.8) is 0 Å². The minimum atomic E-state index is 0.160. The first kappa shape index (κ1) is 12.4. The van der Waals surface area contributed by atoms with Gasteiger partial charge in [-0.25, -0.2) is 0 Å². The second-order valence-corrected chi connectivity index (χ2v) is 5.04. The molecule has 0 bridgehead atoms. The number of hydrazine groups is 1. The van der Waals surface area contributed by atoms with Crippen molar-refractivity contribution in [2.45, 2.75) is 32.7 Å². The van der Waals surface area contributed by atoms with E-state index in [4.69, 9.17) is 10.3 Å². The van der Waals surface area contributed by atoms with Crippen LogP contribution in [0.3, 0.4) is 0 Å². The third-order valence-electron chi connectivity index (χ3n) is 2.96. The normalized spacial score (nSPS) is 12.9. The van der Waals surface area contributed by atoms with Crippen LogP contribution in [0.5, 0.6) is 0 Å². The maximum absolute atomic E-state index is 5.63. The summed E-state index contributed by atoms with van der Waals surface area (Å²) in [6, 6.07) is 4.38. The number of rotatable bonds is 5. The lowest BCUT2D eigenvalue weighted by Crippen LogP contribution is -2.28. The highest BCUT2D eigenvalue weighted by Crippen LogP contribution is 2.25. The van der Waals surface area contributed by atoms with Crippen LogP contribution in [-0.4, -0.2) is 0 Å². The molecule has 0 aromatic carbocycles. The molecule has 1 unspecified atom stereocenters. The molecule has 0 amide bonds. The summed E-state index contributed by atoms with van der Waals surface area (Å²) in [6.45, 7) is 3.94. The molecular weight excluding hydrogens is 232 g/mol. The minimum Gasteiger partial charge on any atom is -0.466 e. The van der Waals surface area contributed by atoms with E-state index in [2.05, 4.69) is 28.3 Å². The SMILES string of the molecule is Cc1cc(C(CCc2ccsc2)NN)c(C)o1. The van der Waals surface area contributed by atoms with Gasteiger partial charge in [0.15, 0.2) is 0 Å². The highest BCUT2D eigenvalue weighted by Gasteiger charge is 2.15. The monoisotopic (exact) mass is 250 g/mol. The van der Waals surface area contributed by atoms with Gasteiger partial charge in [0.05, 0.1) is 0 Å². The number of nitrogens with two attached hydrogens (primary N) is 1. The Morgan fingerprint density at radius 1 is 1.47 bits per heavy atom. The second-order valence-electron chi connectivity index (χ2n) is 4.26. The molecule has 0 radical (unpaired) electrons. The van der Waals surface area contributed by atoms with Crippen molar-refractivity contribution in [3.05, 3.63) is 45.5 Å². The summed E-state index contributed by atoms with van der Waals surface area (Å²) in [7, 11) is 0. The summed E-state index contributed by atoms with van der Waals surface area (Å²) < 4.78 is 5.54. The van der Waals surface area contributed by atoms with Gasteiger partial charge in [-0.05, 0) is 55.1 Å². The van der Waals surface area contributed by atoms with Gasteiger partial charge in [0.1, 0.15) is 11.5 Å². The summed E-state index contributed by atoms with van der Waals surface area (Å²) in [6.07, 6.45) is 2.01. The third-order valence-corrected chi connectivity index (χ3v) is 3.69. The number of hydrogen-bond acceptors (Lipinski definition) is 4. The molecule has 3 nitrogen and oxygen atoms in total. The van der Waals surface area contributed by atoms with E-state index < -0.39 is 0 Å². The van der Waals surface area contributed by atoms with E-state index in [1.807, 2.05) is 13.8 Å². The van der Waals surface area contributed by atoms with Crippen molar-refractivity contribution in [2.24, 2.45) is 5.84 Å². The summed E-state index contributed by atoms with van der Waals surface area (Å²) in [5.74, 6) is 7.53. The zero-order valence-corrected chi connectivity index (χ0v) is 11.0. The van der Waals surface area contributed by atoms with Gasteiger partial charge in [-0.1, -0.05) is 0 Å². The molecule has 0 aliphatic heterocycles. The fraction of sp³-hybridized carbons (Fsp3) is 0.385. The lowest BCUT2D eigenvalue weighted by molar-refractivity contribution is 0.474. The Hall–Kier alpha value is -1.10. The standard InChI is InChI=1S/C13H18N2OS/c1-9-7-12(10(2)16-9)13(15-14)4-3-11-5-6-17-8-11/h5-8,13,15H,3-4,14H2,1-2H3. The zero-order chi connectivity index (χ0) is 12.3. The van der Waals surface area contributed by atoms with E-state index in [9.17, 15) is 0 Å². The molecule has 2 aromatic rings. The highest BCUT2D eigenvalue weighted by atomic mass is 32.1. The lowest BCUT2D eigenvalue weighted by Gasteiger charge is -2.14. The summed E-state index contributed by atoms with van der Waals surface area (Å²) in [5.41, 5.74) is 5.41. The van der Waals surface area contributed by atoms with Gasteiger partial charge in [-0.15, -0.1) is 0 Å². The van der Waals surface area contributed by atoms with Gasteiger partial charge in [0, 0.05) is 11.6 Å². The average Bonchev–Trinajstić information content (AvgIpc) is 2.90. The topological polar surface area (TPSA) is 51.2 Å². The summed E-state index contributed by atoms with van der Waals surface area (Å²) in [4.78, 5) is 0. The highest BCUT2D eigenvalue weighted by molar-refractivity contribution is 7.07. The molecular formula is C13H18N2OS. The van der Waals surface area contributed by atoms with Gasteiger partial charge in [-0.3, -0.25) is 11.3 Å². The molecule has 2 heterocycles. The van der Waals surface area contributed by atoms with Gasteiger partial charge in [-0.2, -0.15) is 11.3 Å². The van der Waals surface area contributed by atoms with Crippen molar-refractivity contribution in [3.8, 4) is 0 Å². The van der Waals surface area contributed by atoms with Crippen LogP contribution in [0, 0.1) is 13.8 Å². The van der Waals surface area contributed by atoms with E-state index >= 15 is 0 Å². The van der Waals surface area contributed by atoms with Gasteiger partial charge >= 0.3 is 0 Å². The third kappa shape index (κ3) is 2.97.